The molecule has 0 radical (unpaired) electrons. The Morgan fingerprint density at radius 3 is 2.76 bits per heavy atom. The van der Waals surface area contributed by atoms with Crippen molar-refractivity contribution in [2.45, 2.75) is 50.8 Å². The summed E-state index contributed by atoms with van der Waals surface area (Å²) in [6, 6.07) is 10.1. The molecule has 0 bridgehead atoms. The molecule has 1 heterocycles. The van der Waals surface area contributed by atoms with E-state index >= 15 is 0 Å². The van der Waals surface area contributed by atoms with Crippen LogP contribution in [0, 0.1) is 11.3 Å². The van der Waals surface area contributed by atoms with Gasteiger partial charge in [-0.3, -0.25) is 0 Å². The van der Waals surface area contributed by atoms with Crippen molar-refractivity contribution in [1.82, 2.24) is 10.2 Å². The summed E-state index contributed by atoms with van der Waals surface area (Å²) in [5.74, 6) is 0.467. The Kier molecular flexibility index (Phi) is 4.69. The summed E-state index contributed by atoms with van der Waals surface area (Å²) in [6.45, 7) is 1.68. The molecule has 2 N–H and O–H groups in total. The van der Waals surface area contributed by atoms with E-state index in [-0.39, 0.29) is 24.1 Å². The number of aliphatic hydroxyl groups is 1. The smallest absolute Gasteiger partial charge is 0.318 e. The van der Waals surface area contributed by atoms with E-state index in [0.29, 0.717) is 25.1 Å². The molecule has 1 aromatic rings. The van der Waals surface area contributed by atoms with Crippen molar-refractivity contribution in [2.75, 3.05) is 19.8 Å². The van der Waals surface area contributed by atoms with Gasteiger partial charge < -0.3 is 20.1 Å². The van der Waals surface area contributed by atoms with Crippen LogP contribution in [0.4, 0.5) is 4.79 Å². The first-order chi connectivity index (χ1) is 12.2. The Bertz CT molecular complexity index is 600. The number of hydrogen-bond donors (Lipinski definition) is 2. The van der Waals surface area contributed by atoms with Gasteiger partial charge in [-0.05, 0) is 24.8 Å². The molecule has 2 aliphatic carbocycles. The summed E-state index contributed by atoms with van der Waals surface area (Å²) >= 11 is 0. The molecule has 136 valence electrons. The molecule has 1 spiro atoms. The van der Waals surface area contributed by atoms with Crippen LogP contribution in [-0.4, -0.2) is 47.9 Å². The van der Waals surface area contributed by atoms with E-state index in [0.717, 1.165) is 31.4 Å². The van der Waals surface area contributed by atoms with Gasteiger partial charge in [-0.2, -0.15) is 0 Å². The van der Waals surface area contributed by atoms with Crippen LogP contribution >= 0.6 is 0 Å². The summed E-state index contributed by atoms with van der Waals surface area (Å²) in [7, 11) is 0. The Morgan fingerprint density at radius 1 is 1.28 bits per heavy atom. The van der Waals surface area contributed by atoms with Crippen molar-refractivity contribution in [2.24, 2.45) is 11.3 Å². The average molecular weight is 344 g/mol. The molecule has 5 heteroatoms. The summed E-state index contributed by atoms with van der Waals surface area (Å²) < 4.78 is 6.00. The third-order valence-corrected chi connectivity index (χ3v) is 6.44. The number of urea groups is 1. The number of amides is 2. The highest BCUT2D eigenvalue weighted by molar-refractivity contribution is 5.75. The minimum Gasteiger partial charge on any atom is -0.395 e. The molecule has 1 aromatic carbocycles. The van der Waals surface area contributed by atoms with Crippen LogP contribution < -0.4 is 5.32 Å². The number of rotatable bonds is 5. The van der Waals surface area contributed by atoms with E-state index in [1.165, 1.54) is 12.8 Å². The van der Waals surface area contributed by atoms with Gasteiger partial charge in [-0.1, -0.05) is 43.2 Å². The van der Waals surface area contributed by atoms with Gasteiger partial charge in [0.2, 0.25) is 0 Å². The lowest BCUT2D eigenvalue weighted by Crippen LogP contribution is -2.69. The van der Waals surface area contributed by atoms with Crippen molar-refractivity contribution < 1.29 is 14.6 Å². The van der Waals surface area contributed by atoms with E-state index in [9.17, 15) is 9.90 Å². The molecule has 3 fully saturated rings. The van der Waals surface area contributed by atoms with E-state index in [2.05, 4.69) is 5.32 Å². The minimum absolute atomic E-state index is 0.0226. The van der Waals surface area contributed by atoms with Crippen LogP contribution in [-0.2, 0) is 11.3 Å². The van der Waals surface area contributed by atoms with Gasteiger partial charge in [0.05, 0.1) is 12.7 Å². The number of nitrogens with zero attached hydrogens (tertiary/aromatic N) is 1. The first-order valence-electron chi connectivity index (χ1n) is 9.56. The van der Waals surface area contributed by atoms with Gasteiger partial charge in [-0.15, -0.1) is 0 Å². The highest BCUT2D eigenvalue weighted by Gasteiger charge is 2.65. The Labute approximate surface area is 149 Å². The van der Waals surface area contributed by atoms with Crippen LogP contribution in [0.15, 0.2) is 30.3 Å². The monoisotopic (exact) mass is 344 g/mol. The molecular formula is C20H28N2O3. The first kappa shape index (κ1) is 16.9. The highest BCUT2D eigenvalue weighted by atomic mass is 16.5. The number of hydrogen-bond acceptors (Lipinski definition) is 3. The summed E-state index contributed by atoms with van der Waals surface area (Å²) in [4.78, 5) is 14.7. The molecule has 3 aliphatic rings. The second kappa shape index (κ2) is 6.96. The Morgan fingerprint density at radius 2 is 2.04 bits per heavy atom. The maximum absolute atomic E-state index is 12.9. The van der Waals surface area contributed by atoms with Crippen molar-refractivity contribution in [3.05, 3.63) is 35.9 Å². The van der Waals surface area contributed by atoms with Crippen molar-refractivity contribution in [3.63, 3.8) is 0 Å². The molecule has 3 atom stereocenters. The SMILES string of the molecule is O=C(NC1C2CCOC2C12CCCC2)N(CCO)Cc1ccccc1. The lowest BCUT2D eigenvalue weighted by atomic mass is 9.54. The largest absolute Gasteiger partial charge is 0.395 e. The van der Waals surface area contributed by atoms with Crippen molar-refractivity contribution in [3.8, 4) is 0 Å². The van der Waals surface area contributed by atoms with Crippen LogP contribution in [0.2, 0.25) is 0 Å². The lowest BCUT2D eigenvalue weighted by Gasteiger charge is -2.57. The Balaban J connectivity index is 1.45. The van der Waals surface area contributed by atoms with Gasteiger partial charge in [-0.25, -0.2) is 4.79 Å². The van der Waals surface area contributed by atoms with E-state index < -0.39 is 0 Å². The molecule has 3 unspecified atom stereocenters. The average Bonchev–Trinajstić information content (AvgIpc) is 3.29. The molecule has 25 heavy (non-hydrogen) atoms. The predicted octanol–water partition coefficient (Wildman–Crippen LogP) is 2.54. The molecular weight excluding hydrogens is 316 g/mol. The van der Waals surface area contributed by atoms with E-state index in [1.54, 1.807) is 4.90 Å². The van der Waals surface area contributed by atoms with Gasteiger partial charge in [0.15, 0.2) is 0 Å². The summed E-state index contributed by atoms with van der Waals surface area (Å²) in [6.07, 6.45) is 6.21. The molecule has 0 aromatic heterocycles. The van der Waals surface area contributed by atoms with Crippen LogP contribution in [0.5, 0.6) is 0 Å². The topological polar surface area (TPSA) is 61.8 Å². The van der Waals surface area contributed by atoms with Crippen LogP contribution in [0.25, 0.3) is 0 Å². The number of ether oxygens (including phenoxy) is 1. The quantitative estimate of drug-likeness (QED) is 0.863. The minimum atomic E-state index is -0.0560. The highest BCUT2D eigenvalue weighted by Crippen LogP contribution is 2.60. The van der Waals surface area contributed by atoms with E-state index in [1.807, 2.05) is 30.3 Å². The van der Waals surface area contributed by atoms with Gasteiger partial charge in [0, 0.05) is 37.1 Å². The fourth-order valence-corrected chi connectivity index (χ4v) is 5.31. The predicted molar refractivity (Wildman–Crippen MR) is 95.0 cm³/mol. The molecule has 4 rings (SSSR count). The maximum atomic E-state index is 12.9. The van der Waals surface area contributed by atoms with Gasteiger partial charge >= 0.3 is 6.03 Å². The van der Waals surface area contributed by atoms with Crippen molar-refractivity contribution in [1.29, 1.82) is 0 Å². The van der Waals surface area contributed by atoms with E-state index in [4.69, 9.17) is 4.74 Å². The first-order valence-corrected chi connectivity index (χ1v) is 9.56. The zero-order valence-electron chi connectivity index (χ0n) is 14.7. The van der Waals surface area contributed by atoms with Crippen molar-refractivity contribution >= 4 is 6.03 Å². The normalized spacial score (nSPS) is 29.2. The second-order valence-corrected chi connectivity index (χ2v) is 7.74. The molecule has 1 aliphatic heterocycles. The zero-order valence-corrected chi connectivity index (χ0v) is 14.7. The third-order valence-electron chi connectivity index (χ3n) is 6.44. The van der Waals surface area contributed by atoms with Crippen LogP contribution in [0.1, 0.15) is 37.7 Å². The Hall–Kier alpha value is -1.59. The third kappa shape index (κ3) is 2.93. The number of nitrogens with one attached hydrogen (secondary N) is 1. The number of carbonyl (C=O) groups excluding carboxylic acids is 1. The fourth-order valence-electron chi connectivity index (χ4n) is 5.31. The maximum Gasteiger partial charge on any atom is 0.318 e. The number of aliphatic hydroxyl groups excluding tert-OH is 1. The number of benzene rings is 1. The summed E-state index contributed by atoms with van der Waals surface area (Å²) in [5.41, 5.74) is 1.24. The molecule has 5 nitrogen and oxygen atoms in total. The second-order valence-electron chi connectivity index (χ2n) is 7.74. The lowest BCUT2D eigenvalue weighted by molar-refractivity contribution is -0.127. The van der Waals surface area contributed by atoms with Crippen LogP contribution in [0.3, 0.4) is 0 Å². The zero-order chi connectivity index (χ0) is 17.3. The van der Waals surface area contributed by atoms with Gasteiger partial charge in [0.25, 0.3) is 0 Å². The fraction of sp³-hybridized carbons (Fsp3) is 0.650. The summed E-state index contributed by atoms with van der Waals surface area (Å²) in [5, 5.41) is 12.7. The number of fused-ring (bicyclic) bond motifs is 2. The molecule has 2 saturated carbocycles. The van der Waals surface area contributed by atoms with Gasteiger partial charge in [0.1, 0.15) is 0 Å². The molecule has 1 saturated heterocycles. The molecule has 2 amide bonds. The standard InChI is InChI=1S/C20H28N2O3/c23-12-11-22(14-15-6-2-1-3-7-15)19(24)21-17-16-8-13-25-18(16)20(17)9-4-5-10-20/h1-3,6-7,16-18,23H,4-5,8-14H2,(H,21,24). The number of carbonyl (C=O) groups is 1.